The summed E-state index contributed by atoms with van der Waals surface area (Å²) in [5, 5.41) is 6.20. The molecule has 0 aliphatic rings. The highest BCUT2D eigenvalue weighted by Gasteiger charge is 2.19. The Morgan fingerprint density at radius 3 is 2.75 bits per heavy atom. The van der Waals surface area contributed by atoms with E-state index in [2.05, 4.69) is 17.2 Å². The maximum atomic E-state index is 6.26. The molecule has 1 N–H and O–H groups in total. The van der Waals surface area contributed by atoms with Crippen molar-refractivity contribution in [3.05, 3.63) is 57.5 Å². The molecule has 1 atom stereocenters. The minimum absolute atomic E-state index is 0.00962. The van der Waals surface area contributed by atoms with Crippen LogP contribution in [0.1, 0.15) is 23.5 Å². The predicted octanol–water partition coefficient (Wildman–Crippen LogP) is 4.04. The summed E-state index contributed by atoms with van der Waals surface area (Å²) in [5.41, 5.74) is 2.71. The van der Waals surface area contributed by atoms with Crippen LogP contribution in [0.5, 0.6) is 0 Å². The quantitative estimate of drug-likeness (QED) is 0.790. The molecule has 0 amide bonds. The summed E-state index contributed by atoms with van der Waals surface area (Å²) >= 11 is 7.90. The van der Waals surface area contributed by atoms with Gasteiger partial charge in [-0.05, 0) is 30.1 Å². The molecule has 3 aromatic rings. The van der Waals surface area contributed by atoms with E-state index in [1.54, 1.807) is 11.3 Å². The Morgan fingerprint density at radius 1 is 1.25 bits per heavy atom. The van der Waals surface area contributed by atoms with Crippen molar-refractivity contribution in [3.8, 4) is 0 Å². The van der Waals surface area contributed by atoms with Crippen LogP contribution < -0.4 is 5.32 Å². The van der Waals surface area contributed by atoms with E-state index in [0.717, 1.165) is 33.2 Å². The number of hydrogen-bond acceptors (Lipinski definition) is 4. The Bertz CT molecular complexity index is 726. The number of benzene rings is 1. The zero-order valence-electron chi connectivity index (χ0n) is 11.0. The third-order valence-corrected chi connectivity index (χ3v) is 4.50. The molecular formula is C15H14ClN3S. The second-order valence-electron chi connectivity index (χ2n) is 4.41. The number of nitrogens with one attached hydrogen (secondary N) is 1. The Balaban J connectivity index is 2.07. The summed E-state index contributed by atoms with van der Waals surface area (Å²) in [6.07, 6.45) is 1.83. The second-order valence-corrected chi connectivity index (χ2v) is 5.76. The molecule has 2 aromatic heterocycles. The highest BCUT2D eigenvalue weighted by atomic mass is 35.5. The third kappa shape index (κ3) is 2.54. The first-order valence-electron chi connectivity index (χ1n) is 6.47. The molecule has 1 aromatic carbocycles. The van der Waals surface area contributed by atoms with Crippen molar-refractivity contribution in [2.45, 2.75) is 13.0 Å². The number of hydrogen-bond donors (Lipinski definition) is 1. The van der Waals surface area contributed by atoms with Crippen molar-refractivity contribution in [2.75, 3.05) is 6.54 Å². The van der Waals surface area contributed by atoms with Gasteiger partial charge < -0.3 is 5.32 Å². The predicted molar refractivity (Wildman–Crippen MR) is 84.4 cm³/mol. The van der Waals surface area contributed by atoms with Crippen LogP contribution in [0.15, 0.2) is 41.9 Å². The molecule has 0 saturated heterocycles. The largest absolute Gasteiger partial charge is 0.304 e. The minimum Gasteiger partial charge on any atom is -0.304 e. The molecule has 0 radical (unpaired) electrons. The average molecular weight is 304 g/mol. The lowest BCUT2D eigenvalue weighted by Crippen LogP contribution is -2.22. The standard InChI is InChI=1S/C15H14ClN3S/c1-2-17-14(15-10(16)7-8-20-15)13-9-18-11-5-3-4-6-12(11)19-13/h3-9,14,17H,2H2,1H3. The van der Waals surface area contributed by atoms with Gasteiger partial charge in [0.2, 0.25) is 0 Å². The van der Waals surface area contributed by atoms with E-state index < -0.39 is 0 Å². The fourth-order valence-corrected chi connectivity index (χ4v) is 3.41. The Hall–Kier alpha value is -1.49. The minimum atomic E-state index is -0.00962. The number of fused-ring (bicyclic) bond motifs is 1. The van der Waals surface area contributed by atoms with Crippen LogP contribution in [0.2, 0.25) is 5.02 Å². The van der Waals surface area contributed by atoms with Crippen molar-refractivity contribution in [1.82, 2.24) is 15.3 Å². The molecule has 1 unspecified atom stereocenters. The summed E-state index contributed by atoms with van der Waals surface area (Å²) in [4.78, 5) is 10.3. The molecular weight excluding hydrogens is 290 g/mol. The molecule has 0 saturated carbocycles. The zero-order valence-corrected chi connectivity index (χ0v) is 12.6. The van der Waals surface area contributed by atoms with Gasteiger partial charge in [0.05, 0.1) is 34.0 Å². The smallest absolute Gasteiger partial charge is 0.0891 e. The van der Waals surface area contributed by atoms with Crippen molar-refractivity contribution < 1.29 is 0 Å². The zero-order chi connectivity index (χ0) is 13.9. The maximum Gasteiger partial charge on any atom is 0.0891 e. The molecule has 0 fully saturated rings. The number of nitrogens with zero attached hydrogens (tertiary/aromatic N) is 2. The molecule has 0 aliphatic heterocycles. The van der Waals surface area contributed by atoms with Crippen molar-refractivity contribution >= 4 is 34.0 Å². The molecule has 20 heavy (non-hydrogen) atoms. The van der Waals surface area contributed by atoms with Gasteiger partial charge in [0.25, 0.3) is 0 Å². The summed E-state index contributed by atoms with van der Waals surface area (Å²) in [7, 11) is 0. The molecule has 3 nitrogen and oxygen atoms in total. The SMILES string of the molecule is CCNC(c1cnc2ccccc2n1)c1sccc1Cl. The van der Waals surface area contributed by atoms with E-state index >= 15 is 0 Å². The lowest BCUT2D eigenvalue weighted by molar-refractivity contribution is 0.624. The van der Waals surface area contributed by atoms with Crippen molar-refractivity contribution in [1.29, 1.82) is 0 Å². The van der Waals surface area contributed by atoms with Gasteiger partial charge in [0.15, 0.2) is 0 Å². The van der Waals surface area contributed by atoms with E-state index in [1.165, 1.54) is 0 Å². The summed E-state index contributed by atoms with van der Waals surface area (Å²) in [6, 6.07) is 9.79. The van der Waals surface area contributed by atoms with E-state index in [9.17, 15) is 0 Å². The fraction of sp³-hybridized carbons (Fsp3) is 0.200. The summed E-state index contributed by atoms with van der Waals surface area (Å²) in [5.74, 6) is 0. The highest BCUT2D eigenvalue weighted by Crippen LogP contribution is 2.32. The van der Waals surface area contributed by atoms with Gasteiger partial charge in [-0.25, -0.2) is 4.98 Å². The number of rotatable bonds is 4. The monoisotopic (exact) mass is 303 g/mol. The summed E-state index contributed by atoms with van der Waals surface area (Å²) < 4.78 is 0. The fourth-order valence-electron chi connectivity index (χ4n) is 2.16. The van der Waals surface area contributed by atoms with Gasteiger partial charge in [-0.15, -0.1) is 11.3 Å². The number of halogens is 1. The maximum absolute atomic E-state index is 6.26. The Labute approximate surface area is 126 Å². The molecule has 3 rings (SSSR count). The van der Waals surface area contributed by atoms with Gasteiger partial charge in [0, 0.05) is 4.88 Å². The first kappa shape index (κ1) is 13.5. The Morgan fingerprint density at radius 2 is 2.05 bits per heavy atom. The summed E-state index contributed by atoms with van der Waals surface area (Å²) in [6.45, 7) is 2.91. The number of thiophene rings is 1. The molecule has 0 bridgehead atoms. The second kappa shape index (κ2) is 5.87. The lowest BCUT2D eigenvalue weighted by Gasteiger charge is -2.16. The number of para-hydroxylation sites is 2. The molecule has 5 heteroatoms. The van der Waals surface area contributed by atoms with Gasteiger partial charge in [0.1, 0.15) is 0 Å². The normalized spacial score (nSPS) is 12.7. The first-order chi connectivity index (χ1) is 9.79. The lowest BCUT2D eigenvalue weighted by atomic mass is 10.1. The molecule has 0 aliphatic carbocycles. The van der Waals surface area contributed by atoms with Gasteiger partial charge >= 0.3 is 0 Å². The van der Waals surface area contributed by atoms with E-state index in [-0.39, 0.29) is 6.04 Å². The van der Waals surface area contributed by atoms with Gasteiger partial charge in [-0.1, -0.05) is 30.7 Å². The van der Waals surface area contributed by atoms with Crippen LogP contribution >= 0.6 is 22.9 Å². The third-order valence-electron chi connectivity index (χ3n) is 3.08. The molecule has 2 heterocycles. The van der Waals surface area contributed by atoms with Crippen molar-refractivity contribution in [3.63, 3.8) is 0 Å². The number of aromatic nitrogens is 2. The molecule has 0 spiro atoms. The van der Waals surface area contributed by atoms with Crippen LogP contribution in [-0.2, 0) is 0 Å². The van der Waals surface area contributed by atoms with E-state index in [0.29, 0.717) is 0 Å². The van der Waals surface area contributed by atoms with Crippen LogP contribution in [0.4, 0.5) is 0 Å². The van der Waals surface area contributed by atoms with Gasteiger partial charge in [-0.2, -0.15) is 0 Å². The van der Waals surface area contributed by atoms with Crippen LogP contribution in [0.25, 0.3) is 11.0 Å². The van der Waals surface area contributed by atoms with Crippen LogP contribution in [0, 0.1) is 0 Å². The topological polar surface area (TPSA) is 37.8 Å². The Kier molecular flexibility index (Phi) is 3.96. The van der Waals surface area contributed by atoms with E-state index in [4.69, 9.17) is 16.6 Å². The van der Waals surface area contributed by atoms with Crippen LogP contribution in [-0.4, -0.2) is 16.5 Å². The van der Waals surface area contributed by atoms with Crippen LogP contribution in [0.3, 0.4) is 0 Å². The van der Waals surface area contributed by atoms with Gasteiger partial charge in [-0.3, -0.25) is 4.98 Å². The van der Waals surface area contributed by atoms with Crippen molar-refractivity contribution in [2.24, 2.45) is 0 Å². The average Bonchev–Trinajstić information content (AvgIpc) is 2.90. The van der Waals surface area contributed by atoms with E-state index in [1.807, 2.05) is 41.9 Å². The highest BCUT2D eigenvalue weighted by molar-refractivity contribution is 7.10. The molecule has 102 valence electrons. The first-order valence-corrected chi connectivity index (χ1v) is 7.73.